The Balaban J connectivity index is 1.80. The van der Waals surface area contributed by atoms with Crippen LogP contribution in [0.2, 0.25) is 0 Å². The Morgan fingerprint density at radius 1 is 1.53 bits per heavy atom. The van der Waals surface area contributed by atoms with Gasteiger partial charge in [0.1, 0.15) is 0 Å². The Bertz CT molecular complexity index is 323. The first-order chi connectivity index (χ1) is 8.13. The van der Waals surface area contributed by atoms with E-state index >= 15 is 0 Å². The minimum atomic E-state index is -0.257. The van der Waals surface area contributed by atoms with Gasteiger partial charge < -0.3 is 15.0 Å². The van der Waals surface area contributed by atoms with Crippen molar-refractivity contribution in [3.63, 3.8) is 0 Å². The molecule has 0 radical (unpaired) electrons. The minimum Gasteiger partial charge on any atom is -0.379 e. The summed E-state index contributed by atoms with van der Waals surface area (Å²) in [5.41, 5.74) is -0.257. The summed E-state index contributed by atoms with van der Waals surface area (Å²) in [6, 6.07) is 2.48. The molecular formula is C12H19N3O2. The van der Waals surface area contributed by atoms with Gasteiger partial charge in [-0.1, -0.05) is 0 Å². The van der Waals surface area contributed by atoms with Crippen molar-refractivity contribution in [1.29, 1.82) is 5.26 Å². The third kappa shape index (κ3) is 2.89. The number of likely N-dealkylation sites (tertiary alicyclic amines) is 1. The van der Waals surface area contributed by atoms with Crippen molar-refractivity contribution >= 4 is 6.03 Å². The second kappa shape index (κ2) is 4.92. The zero-order valence-corrected chi connectivity index (χ0v) is 10.2. The molecule has 1 unspecified atom stereocenters. The molecular weight excluding hydrogens is 218 g/mol. The topological polar surface area (TPSA) is 65.4 Å². The predicted molar refractivity (Wildman–Crippen MR) is 62.3 cm³/mol. The summed E-state index contributed by atoms with van der Waals surface area (Å²) >= 11 is 0. The van der Waals surface area contributed by atoms with E-state index in [9.17, 15) is 4.79 Å². The van der Waals surface area contributed by atoms with Gasteiger partial charge in [-0.05, 0) is 26.2 Å². The van der Waals surface area contributed by atoms with Crippen molar-refractivity contribution in [3.05, 3.63) is 0 Å². The van der Waals surface area contributed by atoms with Gasteiger partial charge in [0, 0.05) is 19.7 Å². The number of piperidine rings is 1. The highest BCUT2D eigenvalue weighted by atomic mass is 16.5. The minimum absolute atomic E-state index is 0.0134. The van der Waals surface area contributed by atoms with Crippen LogP contribution in [0.4, 0.5) is 4.79 Å². The molecule has 0 aromatic heterocycles. The number of hydrogen-bond donors (Lipinski definition) is 1. The van der Waals surface area contributed by atoms with Crippen LogP contribution in [-0.4, -0.2) is 43.3 Å². The lowest BCUT2D eigenvalue weighted by Crippen LogP contribution is -2.49. The summed E-state index contributed by atoms with van der Waals surface area (Å²) in [4.78, 5) is 13.7. The van der Waals surface area contributed by atoms with Gasteiger partial charge in [0.05, 0.1) is 24.1 Å². The molecule has 0 aliphatic carbocycles. The third-order valence-electron chi connectivity index (χ3n) is 3.68. The van der Waals surface area contributed by atoms with Crippen molar-refractivity contribution in [2.75, 3.05) is 26.3 Å². The number of hydrogen-bond acceptors (Lipinski definition) is 3. The number of urea groups is 1. The maximum Gasteiger partial charge on any atom is 0.317 e. The molecule has 0 bridgehead atoms. The van der Waals surface area contributed by atoms with Crippen LogP contribution >= 0.6 is 0 Å². The fraction of sp³-hybridized carbons (Fsp3) is 0.833. The first-order valence-corrected chi connectivity index (χ1v) is 6.17. The highest BCUT2D eigenvalue weighted by molar-refractivity contribution is 5.74. The van der Waals surface area contributed by atoms with Gasteiger partial charge in [0.2, 0.25) is 0 Å². The lowest BCUT2D eigenvalue weighted by atomic mass is 9.82. The Kier molecular flexibility index (Phi) is 3.53. The second-order valence-electron chi connectivity index (χ2n) is 5.17. The molecule has 2 saturated heterocycles. The van der Waals surface area contributed by atoms with Gasteiger partial charge in [-0.2, -0.15) is 5.26 Å². The van der Waals surface area contributed by atoms with E-state index in [0.29, 0.717) is 19.7 Å². The van der Waals surface area contributed by atoms with E-state index in [-0.39, 0.29) is 17.5 Å². The fourth-order valence-electron chi connectivity index (χ4n) is 2.23. The molecule has 17 heavy (non-hydrogen) atoms. The average molecular weight is 237 g/mol. The van der Waals surface area contributed by atoms with Crippen molar-refractivity contribution in [2.45, 2.75) is 32.2 Å². The lowest BCUT2D eigenvalue weighted by molar-refractivity contribution is 0.149. The largest absolute Gasteiger partial charge is 0.379 e. The molecule has 2 aliphatic heterocycles. The van der Waals surface area contributed by atoms with Crippen LogP contribution in [0.3, 0.4) is 0 Å². The highest BCUT2D eigenvalue weighted by Crippen LogP contribution is 2.29. The monoisotopic (exact) mass is 237 g/mol. The van der Waals surface area contributed by atoms with Crippen molar-refractivity contribution < 1.29 is 9.53 Å². The van der Waals surface area contributed by atoms with Gasteiger partial charge in [0.15, 0.2) is 0 Å². The average Bonchev–Trinajstić information content (AvgIpc) is 2.83. The summed E-state index contributed by atoms with van der Waals surface area (Å²) in [5.74, 6) is 0. The van der Waals surface area contributed by atoms with E-state index in [2.05, 4.69) is 11.4 Å². The molecule has 1 N–H and O–H groups in total. The number of rotatable bonds is 1. The number of carbonyl (C=O) groups is 1. The van der Waals surface area contributed by atoms with E-state index in [1.165, 1.54) is 0 Å². The number of nitrogens with one attached hydrogen (secondary N) is 1. The summed E-state index contributed by atoms with van der Waals surface area (Å²) < 4.78 is 5.22. The summed E-state index contributed by atoms with van der Waals surface area (Å²) in [7, 11) is 0. The molecule has 2 fully saturated rings. The molecule has 2 rings (SSSR count). The Morgan fingerprint density at radius 3 is 2.76 bits per heavy atom. The quantitative estimate of drug-likeness (QED) is 0.743. The van der Waals surface area contributed by atoms with Gasteiger partial charge >= 0.3 is 6.03 Å². The van der Waals surface area contributed by atoms with Crippen molar-refractivity contribution in [2.24, 2.45) is 5.41 Å². The van der Waals surface area contributed by atoms with Gasteiger partial charge in [-0.25, -0.2) is 4.79 Å². The number of nitrogens with zero attached hydrogens (tertiary/aromatic N) is 2. The molecule has 1 atom stereocenters. The van der Waals surface area contributed by atoms with Gasteiger partial charge in [0.25, 0.3) is 0 Å². The van der Waals surface area contributed by atoms with Crippen LogP contribution in [0.15, 0.2) is 0 Å². The SMILES string of the molecule is CC1(C#N)CCN(C(=O)NC2CCOC2)CC1. The highest BCUT2D eigenvalue weighted by Gasteiger charge is 2.32. The second-order valence-corrected chi connectivity index (χ2v) is 5.17. The normalized spacial score (nSPS) is 27.5. The molecule has 0 spiro atoms. The molecule has 2 aliphatic rings. The van der Waals surface area contributed by atoms with Crippen LogP contribution < -0.4 is 5.32 Å². The van der Waals surface area contributed by atoms with E-state index in [4.69, 9.17) is 10.00 Å². The fourth-order valence-corrected chi connectivity index (χ4v) is 2.23. The molecule has 2 heterocycles. The zero-order valence-electron chi connectivity index (χ0n) is 10.2. The summed E-state index contributed by atoms with van der Waals surface area (Å²) in [6.07, 6.45) is 2.42. The van der Waals surface area contributed by atoms with E-state index < -0.39 is 0 Å². The molecule has 5 nitrogen and oxygen atoms in total. The van der Waals surface area contributed by atoms with Crippen molar-refractivity contribution in [1.82, 2.24) is 10.2 Å². The molecule has 0 aromatic carbocycles. The Morgan fingerprint density at radius 2 is 2.24 bits per heavy atom. The Labute approximate surface area is 102 Å². The number of carbonyl (C=O) groups excluding carboxylic acids is 1. The standard InChI is InChI=1S/C12H19N3O2/c1-12(9-13)3-5-15(6-4-12)11(16)14-10-2-7-17-8-10/h10H,2-8H2,1H3,(H,14,16). The van der Waals surface area contributed by atoms with Gasteiger partial charge in [-0.15, -0.1) is 0 Å². The molecule has 5 heteroatoms. The van der Waals surface area contributed by atoms with Crippen LogP contribution in [0.1, 0.15) is 26.2 Å². The van der Waals surface area contributed by atoms with Crippen LogP contribution in [0.5, 0.6) is 0 Å². The number of nitriles is 1. The van der Waals surface area contributed by atoms with Crippen LogP contribution in [0.25, 0.3) is 0 Å². The summed E-state index contributed by atoms with van der Waals surface area (Å²) in [5, 5.41) is 12.0. The van der Waals surface area contributed by atoms with E-state index in [0.717, 1.165) is 25.9 Å². The predicted octanol–water partition coefficient (Wildman–Crippen LogP) is 1.11. The molecule has 0 aromatic rings. The van der Waals surface area contributed by atoms with Crippen LogP contribution in [0, 0.1) is 16.7 Å². The van der Waals surface area contributed by atoms with E-state index in [1.807, 2.05) is 6.92 Å². The van der Waals surface area contributed by atoms with Crippen LogP contribution in [-0.2, 0) is 4.74 Å². The van der Waals surface area contributed by atoms with Crippen molar-refractivity contribution in [3.8, 4) is 6.07 Å². The Hall–Kier alpha value is -1.28. The smallest absolute Gasteiger partial charge is 0.317 e. The number of ether oxygens (including phenoxy) is 1. The van der Waals surface area contributed by atoms with E-state index in [1.54, 1.807) is 4.90 Å². The maximum absolute atomic E-state index is 11.9. The first-order valence-electron chi connectivity index (χ1n) is 6.17. The maximum atomic E-state index is 11.9. The zero-order chi connectivity index (χ0) is 12.3. The summed E-state index contributed by atoms with van der Waals surface area (Å²) in [6.45, 7) is 4.66. The molecule has 94 valence electrons. The number of amides is 2. The first kappa shape index (κ1) is 12.2. The lowest BCUT2D eigenvalue weighted by Gasteiger charge is -2.35. The molecule has 2 amide bonds. The molecule has 0 saturated carbocycles. The third-order valence-corrected chi connectivity index (χ3v) is 3.68. The van der Waals surface area contributed by atoms with Gasteiger partial charge in [-0.3, -0.25) is 0 Å².